The molecule has 0 spiro atoms. The van der Waals surface area contributed by atoms with Crippen LogP contribution in [0.3, 0.4) is 0 Å². The zero-order valence-electron chi connectivity index (χ0n) is 15.3. The van der Waals surface area contributed by atoms with E-state index in [0.717, 1.165) is 0 Å². The first-order chi connectivity index (χ1) is 10.9. The first kappa shape index (κ1) is 18.4. The van der Waals surface area contributed by atoms with Crippen molar-refractivity contribution < 1.29 is 23.8 Å². The monoisotopic (exact) mass is 337 g/mol. The molecule has 6 nitrogen and oxygen atoms in total. The number of furan rings is 1. The number of hydrogen-bond acceptors (Lipinski definition) is 4. The molecule has 1 unspecified atom stereocenters. The predicted molar refractivity (Wildman–Crippen MR) is 88.6 cm³/mol. The van der Waals surface area contributed by atoms with Crippen LogP contribution in [0.1, 0.15) is 66.2 Å². The van der Waals surface area contributed by atoms with Gasteiger partial charge in [0.15, 0.2) is 0 Å². The molecule has 1 N–H and O–H groups in total. The van der Waals surface area contributed by atoms with Gasteiger partial charge < -0.3 is 14.3 Å². The summed E-state index contributed by atoms with van der Waals surface area (Å²) in [6.45, 7) is 10.8. The molecule has 2 heterocycles. The summed E-state index contributed by atoms with van der Waals surface area (Å²) in [4.78, 5) is 26.6. The molecule has 24 heavy (non-hydrogen) atoms. The van der Waals surface area contributed by atoms with Crippen molar-refractivity contribution in [2.24, 2.45) is 5.41 Å². The van der Waals surface area contributed by atoms with Crippen molar-refractivity contribution in [2.45, 2.75) is 71.6 Å². The molecule has 1 aliphatic rings. The molecule has 1 amide bonds. The lowest BCUT2D eigenvalue weighted by Crippen LogP contribution is -2.61. The maximum atomic E-state index is 12.9. The minimum Gasteiger partial charge on any atom is -0.479 e. The van der Waals surface area contributed by atoms with Crippen LogP contribution in [-0.4, -0.2) is 33.2 Å². The van der Waals surface area contributed by atoms with Gasteiger partial charge in [0.25, 0.3) is 0 Å². The molecule has 0 aromatic carbocycles. The minimum absolute atomic E-state index is 0.344. The van der Waals surface area contributed by atoms with Crippen molar-refractivity contribution in [3.63, 3.8) is 0 Å². The number of carboxylic acid groups (broad SMARTS) is 1. The molecule has 2 atom stereocenters. The molecular formula is C18H27NO5. The van der Waals surface area contributed by atoms with E-state index in [9.17, 15) is 14.7 Å². The van der Waals surface area contributed by atoms with E-state index in [-0.39, 0.29) is 0 Å². The number of ether oxygens (including phenoxy) is 1. The van der Waals surface area contributed by atoms with Crippen molar-refractivity contribution in [1.29, 1.82) is 0 Å². The fraction of sp³-hybridized carbons (Fsp3) is 0.667. The number of nitrogens with zero attached hydrogens (tertiary/aromatic N) is 1. The third kappa shape index (κ3) is 3.01. The predicted octanol–water partition coefficient (Wildman–Crippen LogP) is 4.22. The van der Waals surface area contributed by atoms with Crippen molar-refractivity contribution in [1.82, 2.24) is 4.90 Å². The van der Waals surface area contributed by atoms with Crippen molar-refractivity contribution >= 4 is 12.1 Å². The van der Waals surface area contributed by atoms with Crippen molar-refractivity contribution in [3.05, 3.63) is 24.2 Å². The van der Waals surface area contributed by atoms with E-state index in [1.165, 1.54) is 11.2 Å². The van der Waals surface area contributed by atoms with Crippen LogP contribution in [0.5, 0.6) is 0 Å². The Labute approximate surface area is 142 Å². The van der Waals surface area contributed by atoms with E-state index in [1.54, 1.807) is 32.9 Å². The standard InChI is InChI=1S/C18H27NO5/c1-16(2,3)18(14(20)21)10-9-12(13-8-7-11-23-13)19(18)15(22)24-17(4,5)6/h7-8,11-12H,9-10H2,1-6H3,(H,20,21)/t12?,18-/m1/s1. The Kier molecular flexibility index (Phi) is 4.46. The third-order valence-electron chi connectivity index (χ3n) is 4.56. The van der Waals surface area contributed by atoms with Crippen LogP contribution >= 0.6 is 0 Å². The van der Waals surface area contributed by atoms with E-state index in [2.05, 4.69) is 0 Å². The molecule has 2 rings (SSSR count). The average molecular weight is 337 g/mol. The van der Waals surface area contributed by atoms with Gasteiger partial charge in [-0.1, -0.05) is 20.8 Å². The highest BCUT2D eigenvalue weighted by Gasteiger charge is 2.62. The zero-order valence-corrected chi connectivity index (χ0v) is 15.3. The topological polar surface area (TPSA) is 80.0 Å². The molecule has 1 aromatic heterocycles. The summed E-state index contributed by atoms with van der Waals surface area (Å²) in [5, 5.41) is 10.1. The number of rotatable bonds is 2. The number of carbonyl (C=O) groups is 2. The molecule has 1 fully saturated rings. The Balaban J connectivity index is 2.55. The van der Waals surface area contributed by atoms with Crippen LogP contribution in [0.25, 0.3) is 0 Å². The average Bonchev–Trinajstić information content (AvgIpc) is 3.03. The lowest BCUT2D eigenvalue weighted by molar-refractivity contribution is -0.158. The fourth-order valence-corrected chi connectivity index (χ4v) is 3.47. The van der Waals surface area contributed by atoms with Gasteiger partial charge in [-0.25, -0.2) is 9.59 Å². The first-order valence-corrected chi connectivity index (χ1v) is 8.19. The van der Waals surface area contributed by atoms with E-state index < -0.39 is 34.7 Å². The molecule has 6 heteroatoms. The first-order valence-electron chi connectivity index (χ1n) is 8.19. The largest absolute Gasteiger partial charge is 0.479 e. The van der Waals surface area contributed by atoms with Crippen LogP contribution in [0.4, 0.5) is 4.79 Å². The number of amides is 1. The van der Waals surface area contributed by atoms with Gasteiger partial charge in [0, 0.05) is 0 Å². The maximum absolute atomic E-state index is 12.9. The summed E-state index contributed by atoms with van der Waals surface area (Å²) >= 11 is 0. The van der Waals surface area contributed by atoms with E-state index in [1.807, 2.05) is 20.8 Å². The summed E-state index contributed by atoms with van der Waals surface area (Å²) in [6, 6.07) is 3.05. The normalized spacial score (nSPS) is 24.9. The second kappa shape index (κ2) is 5.83. The highest BCUT2D eigenvalue weighted by Crippen LogP contribution is 2.52. The summed E-state index contributed by atoms with van der Waals surface area (Å²) in [5.74, 6) is -0.442. The molecule has 134 valence electrons. The SMILES string of the molecule is CC(C)(C)OC(=O)N1C(c2ccco2)CC[C@@]1(C(=O)O)C(C)(C)C. The van der Waals surface area contributed by atoms with Crippen LogP contribution in [0.2, 0.25) is 0 Å². The zero-order chi connectivity index (χ0) is 18.3. The number of aliphatic carboxylic acids is 1. The van der Waals surface area contributed by atoms with Crippen LogP contribution in [0, 0.1) is 5.41 Å². The molecular weight excluding hydrogens is 310 g/mol. The van der Waals surface area contributed by atoms with Gasteiger partial charge in [-0.2, -0.15) is 0 Å². The summed E-state index contributed by atoms with van der Waals surface area (Å²) in [7, 11) is 0. The Morgan fingerprint density at radius 2 is 1.92 bits per heavy atom. The number of carboxylic acids is 1. The Morgan fingerprint density at radius 1 is 1.29 bits per heavy atom. The lowest BCUT2D eigenvalue weighted by atomic mass is 9.72. The third-order valence-corrected chi connectivity index (χ3v) is 4.56. The highest BCUT2D eigenvalue weighted by atomic mass is 16.6. The fourth-order valence-electron chi connectivity index (χ4n) is 3.47. The second-order valence-electron chi connectivity index (χ2n) is 8.34. The van der Waals surface area contributed by atoms with Gasteiger partial charge in [-0.3, -0.25) is 4.90 Å². The molecule has 0 aliphatic carbocycles. The van der Waals surface area contributed by atoms with Gasteiger partial charge in [-0.15, -0.1) is 0 Å². The molecule has 0 bridgehead atoms. The van der Waals surface area contributed by atoms with Gasteiger partial charge in [0.05, 0.1) is 12.3 Å². The molecule has 1 saturated heterocycles. The van der Waals surface area contributed by atoms with Crippen molar-refractivity contribution in [3.8, 4) is 0 Å². The van der Waals surface area contributed by atoms with Gasteiger partial charge in [-0.05, 0) is 51.2 Å². The Bertz CT molecular complexity index is 608. The van der Waals surface area contributed by atoms with E-state index >= 15 is 0 Å². The van der Waals surface area contributed by atoms with Gasteiger partial charge in [0.2, 0.25) is 0 Å². The maximum Gasteiger partial charge on any atom is 0.411 e. The quantitative estimate of drug-likeness (QED) is 0.874. The number of hydrogen-bond donors (Lipinski definition) is 1. The van der Waals surface area contributed by atoms with Crippen molar-refractivity contribution in [2.75, 3.05) is 0 Å². The number of carbonyl (C=O) groups excluding carboxylic acids is 1. The minimum atomic E-state index is -1.35. The lowest BCUT2D eigenvalue weighted by Gasteiger charge is -2.45. The summed E-state index contributed by atoms with van der Waals surface area (Å²) in [5.41, 5.74) is -2.74. The molecule has 1 aromatic rings. The van der Waals surface area contributed by atoms with Crippen LogP contribution in [-0.2, 0) is 9.53 Å². The molecule has 1 aliphatic heterocycles. The van der Waals surface area contributed by atoms with E-state index in [0.29, 0.717) is 18.6 Å². The highest BCUT2D eigenvalue weighted by molar-refractivity contribution is 5.86. The van der Waals surface area contributed by atoms with E-state index in [4.69, 9.17) is 9.15 Å². The van der Waals surface area contributed by atoms with Gasteiger partial charge >= 0.3 is 12.1 Å². The van der Waals surface area contributed by atoms with Crippen LogP contribution in [0.15, 0.2) is 22.8 Å². The molecule has 0 radical (unpaired) electrons. The van der Waals surface area contributed by atoms with Gasteiger partial charge in [0.1, 0.15) is 16.9 Å². The summed E-state index contributed by atoms with van der Waals surface area (Å²) in [6.07, 6.45) is 1.76. The molecule has 0 saturated carbocycles. The second-order valence-corrected chi connectivity index (χ2v) is 8.34. The number of likely N-dealkylation sites (tertiary alicyclic amines) is 1. The Hall–Kier alpha value is -1.98. The summed E-state index contributed by atoms with van der Waals surface area (Å²) < 4.78 is 11.0. The van der Waals surface area contributed by atoms with Crippen LogP contribution < -0.4 is 0 Å². The Morgan fingerprint density at radius 3 is 2.33 bits per heavy atom. The smallest absolute Gasteiger partial charge is 0.411 e.